The number of aryl methyl sites for hydroxylation is 1. The molecule has 0 bridgehead atoms. The predicted molar refractivity (Wildman–Crippen MR) is 109 cm³/mol. The van der Waals surface area contributed by atoms with Gasteiger partial charge in [0.1, 0.15) is 0 Å². The van der Waals surface area contributed by atoms with Gasteiger partial charge in [-0.1, -0.05) is 6.07 Å². The Hall–Kier alpha value is -1.66. The molecule has 2 heterocycles. The number of nitrogens with one attached hydrogen (secondary N) is 2. The van der Waals surface area contributed by atoms with Crippen LogP contribution in [0.3, 0.4) is 0 Å². The number of hydrogen-bond acceptors (Lipinski definition) is 4. The summed E-state index contributed by atoms with van der Waals surface area (Å²) in [6, 6.07) is 4.08. The first-order valence-electron chi connectivity index (χ1n) is 9.86. The molecule has 6 heteroatoms. The fraction of sp³-hybridized carbons (Fsp3) is 0.714. The maximum atomic E-state index is 11.8. The lowest BCUT2D eigenvalue weighted by Crippen LogP contribution is -2.56. The second-order valence-corrected chi connectivity index (χ2v) is 8.58. The Kier molecular flexibility index (Phi) is 6.53. The second kappa shape index (κ2) is 8.15. The molecule has 0 saturated carbocycles. The second-order valence-electron chi connectivity index (χ2n) is 8.58. The van der Waals surface area contributed by atoms with Crippen molar-refractivity contribution in [3.8, 4) is 0 Å². The largest absolute Gasteiger partial charge is 0.375 e. The van der Waals surface area contributed by atoms with Crippen molar-refractivity contribution in [1.82, 2.24) is 20.5 Å². The molecule has 1 saturated heterocycles. The van der Waals surface area contributed by atoms with E-state index in [9.17, 15) is 4.79 Å². The molecule has 1 aliphatic heterocycles. The highest BCUT2D eigenvalue weighted by Gasteiger charge is 2.52. The minimum absolute atomic E-state index is 0.141. The van der Waals surface area contributed by atoms with Crippen molar-refractivity contribution in [2.75, 3.05) is 33.3 Å². The number of carbonyl (C=O) groups is 1. The predicted octanol–water partition coefficient (Wildman–Crippen LogP) is 3.06. The first kappa shape index (κ1) is 21.6. The molecule has 1 aliphatic rings. The minimum Gasteiger partial charge on any atom is -0.375 e. The maximum absolute atomic E-state index is 11.8. The zero-order valence-corrected chi connectivity index (χ0v) is 18.0. The quantitative estimate of drug-likeness (QED) is 0.768. The number of aromatic nitrogens is 1. The molecule has 1 unspecified atom stereocenters. The molecular formula is C21H36N4O2. The zero-order chi connectivity index (χ0) is 20.3. The minimum atomic E-state index is -0.348. The van der Waals surface area contributed by atoms with Crippen LogP contribution in [0.4, 0.5) is 4.79 Å². The number of pyridine rings is 1. The van der Waals surface area contributed by atoms with Crippen LogP contribution in [0.2, 0.25) is 0 Å². The fourth-order valence-corrected chi connectivity index (χ4v) is 4.06. The van der Waals surface area contributed by atoms with Crippen LogP contribution in [0.5, 0.6) is 0 Å². The summed E-state index contributed by atoms with van der Waals surface area (Å²) in [5, 5.41) is 5.68. The van der Waals surface area contributed by atoms with Gasteiger partial charge in [-0.05, 0) is 66.1 Å². The Morgan fingerprint density at radius 2 is 2.04 bits per heavy atom. The topological polar surface area (TPSA) is 66.5 Å². The van der Waals surface area contributed by atoms with Gasteiger partial charge < -0.3 is 15.4 Å². The zero-order valence-electron chi connectivity index (χ0n) is 18.0. The van der Waals surface area contributed by atoms with E-state index in [1.807, 2.05) is 20.0 Å². The SMILES string of the molecule is CCOC(C)(C)C1(CNC(=O)NC)CCN(C(C)(C)c2ccc(C)nc2)C1. The van der Waals surface area contributed by atoms with E-state index >= 15 is 0 Å². The summed E-state index contributed by atoms with van der Waals surface area (Å²) in [4.78, 5) is 18.8. The molecule has 0 aliphatic carbocycles. The first-order chi connectivity index (χ1) is 12.6. The van der Waals surface area contributed by atoms with E-state index in [-0.39, 0.29) is 22.6 Å². The van der Waals surface area contributed by atoms with Gasteiger partial charge in [-0.25, -0.2) is 4.79 Å². The Morgan fingerprint density at radius 1 is 1.33 bits per heavy atom. The highest BCUT2D eigenvalue weighted by atomic mass is 16.5. The Bertz CT molecular complexity index is 642. The number of urea groups is 1. The summed E-state index contributed by atoms with van der Waals surface area (Å²) in [6.07, 6.45) is 2.94. The molecule has 27 heavy (non-hydrogen) atoms. The number of nitrogens with zero attached hydrogens (tertiary/aromatic N) is 2. The van der Waals surface area contributed by atoms with Gasteiger partial charge in [-0.15, -0.1) is 0 Å². The number of hydrogen-bond donors (Lipinski definition) is 2. The van der Waals surface area contributed by atoms with Gasteiger partial charge in [0, 0.05) is 49.6 Å². The van der Waals surface area contributed by atoms with Crippen molar-refractivity contribution in [2.45, 2.75) is 59.1 Å². The van der Waals surface area contributed by atoms with Crippen LogP contribution in [0.15, 0.2) is 18.3 Å². The molecule has 0 spiro atoms. The van der Waals surface area contributed by atoms with E-state index in [1.54, 1.807) is 7.05 Å². The van der Waals surface area contributed by atoms with Crippen molar-refractivity contribution in [1.29, 1.82) is 0 Å². The summed E-state index contributed by atoms with van der Waals surface area (Å²) in [7, 11) is 1.64. The van der Waals surface area contributed by atoms with Crippen LogP contribution in [0.25, 0.3) is 0 Å². The smallest absolute Gasteiger partial charge is 0.314 e. The van der Waals surface area contributed by atoms with Crippen LogP contribution < -0.4 is 10.6 Å². The number of amides is 2. The van der Waals surface area contributed by atoms with E-state index in [4.69, 9.17) is 4.74 Å². The molecule has 1 aromatic heterocycles. The van der Waals surface area contributed by atoms with Crippen LogP contribution in [-0.4, -0.2) is 54.8 Å². The lowest BCUT2D eigenvalue weighted by Gasteiger charge is -2.45. The van der Waals surface area contributed by atoms with Gasteiger partial charge in [-0.2, -0.15) is 0 Å². The van der Waals surface area contributed by atoms with Crippen molar-refractivity contribution in [2.24, 2.45) is 5.41 Å². The number of rotatable bonds is 7. The third-order valence-electron chi connectivity index (χ3n) is 6.36. The van der Waals surface area contributed by atoms with E-state index in [1.165, 1.54) is 5.56 Å². The Balaban J connectivity index is 2.27. The Labute approximate surface area is 164 Å². The van der Waals surface area contributed by atoms with Crippen LogP contribution in [0.1, 0.15) is 52.3 Å². The van der Waals surface area contributed by atoms with Gasteiger partial charge >= 0.3 is 6.03 Å². The molecular weight excluding hydrogens is 340 g/mol. The molecule has 0 radical (unpaired) electrons. The van der Waals surface area contributed by atoms with Crippen molar-refractivity contribution < 1.29 is 9.53 Å². The van der Waals surface area contributed by atoms with Crippen LogP contribution in [-0.2, 0) is 10.3 Å². The molecule has 0 aromatic carbocycles. The molecule has 2 rings (SSSR count). The highest BCUT2D eigenvalue weighted by Crippen LogP contribution is 2.46. The average Bonchev–Trinajstić information content (AvgIpc) is 3.07. The molecule has 2 amide bonds. The van der Waals surface area contributed by atoms with Gasteiger partial charge in [-0.3, -0.25) is 9.88 Å². The summed E-state index contributed by atoms with van der Waals surface area (Å²) in [6.45, 7) is 15.8. The summed E-state index contributed by atoms with van der Waals surface area (Å²) in [5.41, 5.74) is 1.58. The summed E-state index contributed by atoms with van der Waals surface area (Å²) in [5.74, 6) is 0. The molecule has 6 nitrogen and oxygen atoms in total. The fourth-order valence-electron chi connectivity index (χ4n) is 4.06. The molecule has 1 fully saturated rings. The van der Waals surface area contributed by atoms with E-state index in [2.05, 4.69) is 60.3 Å². The normalized spacial score (nSPS) is 21.3. The van der Waals surface area contributed by atoms with E-state index < -0.39 is 0 Å². The van der Waals surface area contributed by atoms with Crippen molar-refractivity contribution >= 4 is 6.03 Å². The number of ether oxygens (including phenoxy) is 1. The number of carbonyl (C=O) groups excluding carboxylic acids is 1. The molecule has 2 N–H and O–H groups in total. The van der Waals surface area contributed by atoms with Gasteiger partial charge in [0.05, 0.1) is 5.60 Å². The third-order valence-corrected chi connectivity index (χ3v) is 6.36. The molecule has 152 valence electrons. The monoisotopic (exact) mass is 376 g/mol. The van der Waals surface area contributed by atoms with Crippen molar-refractivity contribution in [3.63, 3.8) is 0 Å². The molecule has 1 aromatic rings. The Morgan fingerprint density at radius 3 is 2.59 bits per heavy atom. The van der Waals surface area contributed by atoms with E-state index in [0.717, 1.165) is 25.2 Å². The highest BCUT2D eigenvalue weighted by molar-refractivity contribution is 5.73. The summed E-state index contributed by atoms with van der Waals surface area (Å²) >= 11 is 0. The number of likely N-dealkylation sites (tertiary alicyclic amines) is 1. The summed E-state index contributed by atoms with van der Waals surface area (Å²) < 4.78 is 6.15. The maximum Gasteiger partial charge on any atom is 0.314 e. The first-order valence-corrected chi connectivity index (χ1v) is 9.86. The lowest BCUT2D eigenvalue weighted by molar-refractivity contribution is -0.104. The van der Waals surface area contributed by atoms with Crippen LogP contribution in [0, 0.1) is 12.3 Å². The lowest BCUT2D eigenvalue weighted by atomic mass is 9.72. The van der Waals surface area contributed by atoms with Crippen LogP contribution >= 0.6 is 0 Å². The standard InChI is InChI=1S/C21H36N4O2/c1-8-27-20(5,6)21(14-24-18(26)22-7)11-12-25(15-21)19(3,4)17-10-9-16(2)23-13-17/h9-10,13H,8,11-12,14-15H2,1-7H3,(H2,22,24,26). The van der Waals surface area contributed by atoms with Crippen molar-refractivity contribution in [3.05, 3.63) is 29.6 Å². The van der Waals surface area contributed by atoms with E-state index in [0.29, 0.717) is 13.2 Å². The molecule has 1 atom stereocenters. The van der Waals surface area contributed by atoms with Gasteiger partial charge in [0.15, 0.2) is 0 Å². The van der Waals surface area contributed by atoms with Gasteiger partial charge in [0.25, 0.3) is 0 Å². The average molecular weight is 377 g/mol. The van der Waals surface area contributed by atoms with Gasteiger partial charge in [0.2, 0.25) is 0 Å². The third kappa shape index (κ3) is 4.43.